The minimum atomic E-state index is 0.907. The summed E-state index contributed by atoms with van der Waals surface area (Å²) in [5.41, 5.74) is 3.70. The third-order valence-corrected chi connectivity index (χ3v) is 4.21. The Hall–Kier alpha value is -0.870. The van der Waals surface area contributed by atoms with Gasteiger partial charge in [-0.3, -0.25) is 9.30 Å². The first kappa shape index (κ1) is 12.2. The van der Waals surface area contributed by atoms with Crippen molar-refractivity contribution in [3.63, 3.8) is 0 Å². The second-order valence-corrected chi connectivity index (χ2v) is 5.83. The van der Waals surface area contributed by atoms with Crippen molar-refractivity contribution in [1.82, 2.24) is 14.3 Å². The molecule has 2 aromatic rings. The molecule has 18 heavy (non-hydrogen) atoms. The first-order chi connectivity index (χ1) is 8.74. The van der Waals surface area contributed by atoms with Crippen molar-refractivity contribution in [2.24, 2.45) is 0 Å². The maximum atomic E-state index is 4.66. The van der Waals surface area contributed by atoms with Crippen LogP contribution < -0.4 is 0 Å². The van der Waals surface area contributed by atoms with Crippen LogP contribution in [0.2, 0.25) is 0 Å². The normalized spacial score (nSPS) is 17.4. The first-order valence-electron chi connectivity index (χ1n) is 6.59. The lowest BCUT2D eigenvalue weighted by Gasteiger charge is -2.25. The first-order valence-corrected chi connectivity index (χ1v) is 7.39. The number of hydrogen-bond donors (Lipinski definition) is 0. The van der Waals surface area contributed by atoms with Crippen molar-refractivity contribution in [3.05, 3.63) is 34.3 Å². The molecule has 96 valence electrons. The topological polar surface area (TPSA) is 20.5 Å². The monoisotopic (exact) mass is 307 g/mol. The van der Waals surface area contributed by atoms with Crippen LogP contribution in [0.4, 0.5) is 0 Å². The van der Waals surface area contributed by atoms with Crippen molar-refractivity contribution < 1.29 is 0 Å². The lowest BCUT2D eigenvalue weighted by atomic mass is 10.1. The van der Waals surface area contributed by atoms with Gasteiger partial charge in [-0.25, -0.2) is 4.98 Å². The molecule has 0 saturated carbocycles. The molecule has 0 N–H and O–H groups in total. The minimum absolute atomic E-state index is 0.907. The molecular formula is C14H18BrN3. The summed E-state index contributed by atoms with van der Waals surface area (Å²) in [4.78, 5) is 7.18. The van der Waals surface area contributed by atoms with Crippen molar-refractivity contribution in [1.29, 1.82) is 0 Å². The number of aryl methyl sites for hydroxylation is 1. The highest BCUT2D eigenvalue weighted by atomic mass is 79.9. The molecule has 0 atom stereocenters. The summed E-state index contributed by atoms with van der Waals surface area (Å²) in [5, 5.41) is 0. The summed E-state index contributed by atoms with van der Waals surface area (Å²) >= 11 is 3.54. The summed E-state index contributed by atoms with van der Waals surface area (Å²) in [7, 11) is 0. The molecule has 0 unspecified atom stereocenters. The molecule has 1 aliphatic rings. The SMILES string of the molecule is Cc1ccn2c(Br)nc(CN3CCCCC3)c2c1. The van der Waals surface area contributed by atoms with Gasteiger partial charge in [0.2, 0.25) is 0 Å². The van der Waals surface area contributed by atoms with Gasteiger partial charge >= 0.3 is 0 Å². The number of fused-ring (bicyclic) bond motifs is 1. The van der Waals surface area contributed by atoms with Gasteiger partial charge < -0.3 is 0 Å². The molecule has 0 aromatic carbocycles. The molecule has 0 spiro atoms. The van der Waals surface area contributed by atoms with Crippen molar-refractivity contribution >= 4 is 21.4 Å². The van der Waals surface area contributed by atoms with Gasteiger partial charge in [-0.15, -0.1) is 0 Å². The number of hydrogen-bond acceptors (Lipinski definition) is 2. The highest BCUT2D eigenvalue weighted by Gasteiger charge is 2.15. The fraction of sp³-hybridized carbons (Fsp3) is 0.500. The van der Waals surface area contributed by atoms with Crippen LogP contribution in [0.15, 0.2) is 23.1 Å². The number of pyridine rings is 1. The smallest absolute Gasteiger partial charge is 0.182 e. The van der Waals surface area contributed by atoms with Gasteiger partial charge in [0.25, 0.3) is 0 Å². The van der Waals surface area contributed by atoms with E-state index in [1.165, 1.54) is 49.1 Å². The summed E-state index contributed by atoms with van der Waals surface area (Å²) < 4.78 is 3.02. The molecule has 0 bridgehead atoms. The summed E-state index contributed by atoms with van der Waals surface area (Å²) in [5.74, 6) is 0. The second-order valence-electron chi connectivity index (χ2n) is 5.12. The van der Waals surface area contributed by atoms with E-state index in [1.54, 1.807) is 0 Å². The average Bonchev–Trinajstić information content (AvgIpc) is 2.67. The number of halogens is 1. The van der Waals surface area contributed by atoms with E-state index in [2.05, 4.69) is 55.5 Å². The predicted octanol–water partition coefficient (Wildman–Crippen LogP) is 3.39. The van der Waals surface area contributed by atoms with E-state index in [0.717, 1.165) is 11.3 Å². The van der Waals surface area contributed by atoms with E-state index < -0.39 is 0 Å². The highest BCUT2D eigenvalue weighted by Crippen LogP contribution is 2.21. The largest absolute Gasteiger partial charge is 0.297 e. The van der Waals surface area contributed by atoms with Gasteiger partial charge in [0.15, 0.2) is 4.73 Å². The Bertz CT molecular complexity index is 555. The van der Waals surface area contributed by atoms with Crippen molar-refractivity contribution in [3.8, 4) is 0 Å². The van der Waals surface area contributed by atoms with Gasteiger partial charge in [0, 0.05) is 12.7 Å². The van der Waals surface area contributed by atoms with Crippen LogP contribution in [0.5, 0.6) is 0 Å². The fourth-order valence-corrected chi connectivity index (χ4v) is 3.18. The molecule has 0 amide bonds. The maximum absolute atomic E-state index is 4.66. The standard InChI is InChI=1S/C14H18BrN3/c1-11-5-8-18-13(9-11)12(16-14(18)15)10-17-6-3-2-4-7-17/h5,8-9H,2-4,6-7,10H2,1H3. The third kappa shape index (κ3) is 2.31. The maximum Gasteiger partial charge on any atom is 0.182 e. The number of rotatable bonds is 2. The number of likely N-dealkylation sites (tertiary alicyclic amines) is 1. The van der Waals surface area contributed by atoms with E-state index >= 15 is 0 Å². The molecule has 1 saturated heterocycles. The van der Waals surface area contributed by atoms with Gasteiger partial charge in [0.1, 0.15) is 0 Å². The van der Waals surface area contributed by atoms with E-state index in [-0.39, 0.29) is 0 Å². The Morgan fingerprint density at radius 2 is 2.06 bits per heavy atom. The summed E-state index contributed by atoms with van der Waals surface area (Å²) in [6, 6.07) is 4.33. The highest BCUT2D eigenvalue weighted by molar-refractivity contribution is 9.10. The predicted molar refractivity (Wildman–Crippen MR) is 76.8 cm³/mol. The number of nitrogens with zero attached hydrogens (tertiary/aromatic N) is 3. The molecule has 3 nitrogen and oxygen atoms in total. The van der Waals surface area contributed by atoms with Crippen LogP contribution in [0.1, 0.15) is 30.5 Å². The van der Waals surface area contributed by atoms with Crippen LogP contribution in [-0.4, -0.2) is 27.4 Å². The zero-order valence-electron chi connectivity index (χ0n) is 10.7. The zero-order chi connectivity index (χ0) is 12.5. The summed E-state index contributed by atoms with van der Waals surface area (Å²) in [6.45, 7) is 5.52. The van der Waals surface area contributed by atoms with E-state index in [4.69, 9.17) is 0 Å². The van der Waals surface area contributed by atoms with Gasteiger partial charge in [0.05, 0.1) is 11.2 Å². The molecule has 3 rings (SSSR count). The molecule has 0 aliphatic carbocycles. The van der Waals surface area contributed by atoms with Gasteiger partial charge in [-0.1, -0.05) is 6.42 Å². The van der Waals surface area contributed by atoms with E-state index in [0.29, 0.717) is 0 Å². The Morgan fingerprint density at radius 1 is 1.28 bits per heavy atom. The Labute approximate surface area is 116 Å². The van der Waals surface area contributed by atoms with Crippen LogP contribution in [0.25, 0.3) is 5.52 Å². The number of aromatic nitrogens is 2. The lowest BCUT2D eigenvalue weighted by molar-refractivity contribution is 0.219. The molecule has 1 aliphatic heterocycles. The molecule has 4 heteroatoms. The molecular weight excluding hydrogens is 290 g/mol. The van der Waals surface area contributed by atoms with Crippen LogP contribution in [0, 0.1) is 6.92 Å². The Balaban J connectivity index is 1.93. The number of imidazole rings is 1. The quantitative estimate of drug-likeness (QED) is 0.848. The zero-order valence-corrected chi connectivity index (χ0v) is 12.3. The van der Waals surface area contributed by atoms with Gasteiger partial charge in [-0.2, -0.15) is 0 Å². The molecule has 1 fully saturated rings. The molecule has 2 aromatic heterocycles. The Morgan fingerprint density at radius 3 is 2.83 bits per heavy atom. The Kier molecular flexibility index (Phi) is 3.39. The van der Waals surface area contributed by atoms with Crippen LogP contribution in [0.3, 0.4) is 0 Å². The molecule has 3 heterocycles. The van der Waals surface area contributed by atoms with E-state index in [1.807, 2.05) is 0 Å². The number of piperidine rings is 1. The second kappa shape index (κ2) is 5.02. The average molecular weight is 308 g/mol. The summed E-state index contributed by atoms with van der Waals surface area (Å²) in [6.07, 6.45) is 6.11. The lowest BCUT2D eigenvalue weighted by Crippen LogP contribution is -2.29. The van der Waals surface area contributed by atoms with Gasteiger partial charge in [-0.05, 0) is 66.5 Å². The fourth-order valence-electron chi connectivity index (χ4n) is 2.66. The third-order valence-electron chi connectivity index (χ3n) is 3.65. The van der Waals surface area contributed by atoms with Crippen molar-refractivity contribution in [2.45, 2.75) is 32.7 Å². The van der Waals surface area contributed by atoms with Crippen molar-refractivity contribution in [2.75, 3.05) is 13.1 Å². The van der Waals surface area contributed by atoms with E-state index in [9.17, 15) is 0 Å². The molecule has 0 radical (unpaired) electrons. The van der Waals surface area contributed by atoms with Crippen LogP contribution >= 0.6 is 15.9 Å². The van der Waals surface area contributed by atoms with Crippen LogP contribution in [-0.2, 0) is 6.54 Å². The minimum Gasteiger partial charge on any atom is -0.297 e.